The van der Waals surface area contributed by atoms with Crippen molar-refractivity contribution in [3.05, 3.63) is 30.1 Å². The molecule has 1 rings (SSSR count). The van der Waals surface area contributed by atoms with Crippen molar-refractivity contribution in [3.63, 3.8) is 0 Å². The van der Waals surface area contributed by atoms with Gasteiger partial charge >= 0.3 is 12.2 Å². The Bertz CT molecular complexity index is 367. The van der Waals surface area contributed by atoms with Gasteiger partial charge in [0.2, 0.25) is 0 Å². The molecule has 1 aromatic rings. The second-order valence-electron chi connectivity index (χ2n) is 3.49. The fourth-order valence-electron chi connectivity index (χ4n) is 1.15. The van der Waals surface area contributed by atoms with Crippen LogP contribution in [0.5, 0.6) is 0 Å². The van der Waals surface area contributed by atoms with E-state index in [1.165, 1.54) is 7.05 Å². The molecule has 94 valence electrons. The lowest BCUT2D eigenvalue weighted by Crippen LogP contribution is -2.41. The molecule has 17 heavy (non-hydrogen) atoms. The van der Waals surface area contributed by atoms with Crippen LogP contribution in [-0.2, 0) is 6.54 Å². The molecule has 1 heterocycles. The third kappa shape index (κ3) is 5.19. The molecule has 0 aliphatic carbocycles. The zero-order valence-corrected chi connectivity index (χ0v) is 9.16. The molecule has 0 saturated heterocycles. The summed E-state index contributed by atoms with van der Waals surface area (Å²) in [6.45, 7) is -1.12. The normalized spacial score (nSPS) is 11.1. The summed E-state index contributed by atoms with van der Waals surface area (Å²) >= 11 is 0. The Hall–Kier alpha value is -1.79. The van der Waals surface area contributed by atoms with Crippen molar-refractivity contribution in [3.8, 4) is 0 Å². The van der Waals surface area contributed by atoms with Crippen LogP contribution in [0.2, 0.25) is 0 Å². The summed E-state index contributed by atoms with van der Waals surface area (Å²) in [6.07, 6.45) is -1.27. The number of rotatable bonds is 3. The van der Waals surface area contributed by atoms with Gasteiger partial charge in [0.15, 0.2) is 0 Å². The Labute approximate surface area is 96.4 Å². The zero-order chi connectivity index (χ0) is 12.9. The average Bonchev–Trinajstić information content (AvgIpc) is 2.26. The van der Waals surface area contributed by atoms with E-state index in [0.717, 1.165) is 10.5 Å². The van der Waals surface area contributed by atoms with Crippen LogP contribution in [0.4, 0.5) is 18.0 Å². The number of carbonyl (C=O) groups excluding carboxylic acids is 1. The van der Waals surface area contributed by atoms with Crippen molar-refractivity contribution in [1.29, 1.82) is 0 Å². The van der Waals surface area contributed by atoms with E-state index in [1.54, 1.807) is 29.8 Å². The minimum absolute atomic E-state index is 0.206. The summed E-state index contributed by atoms with van der Waals surface area (Å²) in [4.78, 5) is 16.3. The number of hydrogen-bond donors (Lipinski definition) is 1. The van der Waals surface area contributed by atoms with Gasteiger partial charge in [-0.25, -0.2) is 4.79 Å². The van der Waals surface area contributed by atoms with Gasteiger partial charge in [-0.3, -0.25) is 4.98 Å². The summed E-state index contributed by atoms with van der Waals surface area (Å²) in [7, 11) is 1.42. The number of carbonyl (C=O) groups is 1. The van der Waals surface area contributed by atoms with Crippen LogP contribution in [0.3, 0.4) is 0 Å². The van der Waals surface area contributed by atoms with Crippen molar-refractivity contribution < 1.29 is 18.0 Å². The highest BCUT2D eigenvalue weighted by atomic mass is 19.4. The summed E-state index contributed by atoms with van der Waals surface area (Å²) in [5.74, 6) is 0. The van der Waals surface area contributed by atoms with E-state index in [0.29, 0.717) is 0 Å². The molecule has 0 saturated carbocycles. The SMILES string of the molecule is CN(Cc1cccnc1)C(=O)NCC(F)(F)F. The van der Waals surface area contributed by atoms with E-state index in [2.05, 4.69) is 4.98 Å². The maximum atomic E-state index is 11.9. The second kappa shape index (κ2) is 5.51. The summed E-state index contributed by atoms with van der Waals surface area (Å²) in [5.41, 5.74) is 0.747. The maximum Gasteiger partial charge on any atom is 0.405 e. The summed E-state index contributed by atoms with van der Waals surface area (Å²) in [6, 6.07) is 2.66. The molecule has 0 fully saturated rings. The Morgan fingerprint density at radius 3 is 2.76 bits per heavy atom. The van der Waals surface area contributed by atoms with E-state index in [-0.39, 0.29) is 6.54 Å². The quantitative estimate of drug-likeness (QED) is 0.885. The molecule has 0 spiro atoms. The number of pyridine rings is 1. The van der Waals surface area contributed by atoms with E-state index >= 15 is 0 Å². The molecule has 1 aromatic heterocycles. The lowest BCUT2D eigenvalue weighted by molar-refractivity contribution is -0.123. The smallest absolute Gasteiger partial charge is 0.329 e. The van der Waals surface area contributed by atoms with E-state index in [9.17, 15) is 18.0 Å². The van der Waals surface area contributed by atoms with Crippen LogP contribution in [0, 0.1) is 0 Å². The van der Waals surface area contributed by atoms with E-state index < -0.39 is 18.8 Å². The maximum absolute atomic E-state index is 11.9. The molecular weight excluding hydrogens is 235 g/mol. The molecule has 0 aromatic carbocycles. The molecule has 0 unspecified atom stereocenters. The predicted octanol–water partition coefficient (Wildman–Crippen LogP) is 1.79. The average molecular weight is 247 g/mol. The summed E-state index contributed by atoms with van der Waals surface area (Å²) in [5, 5.41) is 1.78. The Morgan fingerprint density at radius 2 is 2.24 bits per heavy atom. The fraction of sp³-hybridized carbons (Fsp3) is 0.400. The Kier molecular flexibility index (Phi) is 4.30. The van der Waals surface area contributed by atoms with Crippen LogP contribution in [-0.4, -0.2) is 35.7 Å². The first-order valence-electron chi connectivity index (χ1n) is 4.83. The van der Waals surface area contributed by atoms with Crippen LogP contribution >= 0.6 is 0 Å². The predicted molar refractivity (Wildman–Crippen MR) is 55.2 cm³/mol. The number of nitrogens with zero attached hydrogens (tertiary/aromatic N) is 2. The van der Waals surface area contributed by atoms with Gasteiger partial charge in [-0.05, 0) is 11.6 Å². The molecule has 0 atom stereocenters. The molecule has 1 N–H and O–H groups in total. The van der Waals surface area contributed by atoms with Crippen molar-refractivity contribution in [2.45, 2.75) is 12.7 Å². The summed E-state index contributed by atoms with van der Waals surface area (Å²) < 4.78 is 35.6. The van der Waals surface area contributed by atoms with Crippen LogP contribution in [0.15, 0.2) is 24.5 Å². The van der Waals surface area contributed by atoms with Gasteiger partial charge < -0.3 is 10.2 Å². The first-order chi connectivity index (χ1) is 7.88. The fourth-order valence-corrected chi connectivity index (χ4v) is 1.15. The van der Waals surface area contributed by atoms with Gasteiger partial charge in [0.25, 0.3) is 0 Å². The number of nitrogens with one attached hydrogen (secondary N) is 1. The van der Waals surface area contributed by atoms with Gasteiger partial charge in [-0.15, -0.1) is 0 Å². The van der Waals surface area contributed by atoms with Gasteiger partial charge in [-0.1, -0.05) is 6.07 Å². The Balaban J connectivity index is 2.43. The molecule has 2 amide bonds. The van der Waals surface area contributed by atoms with Gasteiger partial charge in [-0.2, -0.15) is 13.2 Å². The molecule has 0 radical (unpaired) electrons. The first-order valence-corrected chi connectivity index (χ1v) is 4.83. The largest absolute Gasteiger partial charge is 0.405 e. The van der Waals surface area contributed by atoms with Gasteiger partial charge in [0.05, 0.1) is 0 Å². The van der Waals surface area contributed by atoms with Crippen LogP contribution in [0.1, 0.15) is 5.56 Å². The van der Waals surface area contributed by atoms with E-state index in [1.807, 2.05) is 0 Å². The van der Waals surface area contributed by atoms with Gasteiger partial charge in [0.1, 0.15) is 6.54 Å². The highest BCUT2D eigenvalue weighted by Crippen LogP contribution is 2.12. The third-order valence-corrected chi connectivity index (χ3v) is 1.93. The zero-order valence-electron chi connectivity index (χ0n) is 9.16. The lowest BCUT2D eigenvalue weighted by Gasteiger charge is -2.18. The monoisotopic (exact) mass is 247 g/mol. The molecule has 0 bridgehead atoms. The highest BCUT2D eigenvalue weighted by molar-refractivity contribution is 5.73. The molecule has 7 heteroatoms. The highest BCUT2D eigenvalue weighted by Gasteiger charge is 2.28. The minimum atomic E-state index is -4.40. The Morgan fingerprint density at radius 1 is 1.53 bits per heavy atom. The van der Waals surface area contributed by atoms with Crippen molar-refractivity contribution in [2.24, 2.45) is 0 Å². The molecule has 0 aliphatic rings. The number of urea groups is 1. The third-order valence-electron chi connectivity index (χ3n) is 1.93. The van der Waals surface area contributed by atoms with Crippen LogP contribution in [0.25, 0.3) is 0 Å². The topological polar surface area (TPSA) is 45.2 Å². The lowest BCUT2D eigenvalue weighted by atomic mass is 10.3. The van der Waals surface area contributed by atoms with Crippen LogP contribution < -0.4 is 5.32 Å². The number of amides is 2. The molecular formula is C10H12F3N3O. The van der Waals surface area contributed by atoms with Crippen molar-refractivity contribution >= 4 is 6.03 Å². The first kappa shape index (κ1) is 13.3. The van der Waals surface area contributed by atoms with Crippen molar-refractivity contribution in [1.82, 2.24) is 15.2 Å². The van der Waals surface area contributed by atoms with E-state index in [4.69, 9.17) is 0 Å². The number of alkyl halides is 3. The standard InChI is InChI=1S/C10H12F3N3O/c1-16(6-8-3-2-4-14-5-8)9(17)15-7-10(11,12)13/h2-5H,6-7H2,1H3,(H,15,17). The number of halogens is 3. The number of aromatic nitrogens is 1. The second-order valence-corrected chi connectivity index (χ2v) is 3.49. The minimum Gasteiger partial charge on any atom is -0.329 e. The van der Waals surface area contributed by atoms with Gasteiger partial charge in [0, 0.05) is 26.0 Å². The molecule has 4 nitrogen and oxygen atoms in total. The van der Waals surface area contributed by atoms with Crippen molar-refractivity contribution in [2.75, 3.05) is 13.6 Å². The molecule has 0 aliphatic heterocycles. The number of hydrogen-bond acceptors (Lipinski definition) is 2.